The van der Waals surface area contributed by atoms with Crippen molar-refractivity contribution in [3.05, 3.63) is 29.8 Å². The van der Waals surface area contributed by atoms with E-state index in [-0.39, 0.29) is 5.78 Å². The zero-order valence-electron chi connectivity index (χ0n) is 9.03. The van der Waals surface area contributed by atoms with Gasteiger partial charge in [0.2, 0.25) is 0 Å². The van der Waals surface area contributed by atoms with Gasteiger partial charge in [-0.2, -0.15) is 0 Å². The van der Waals surface area contributed by atoms with Crippen LogP contribution in [0.25, 0.3) is 0 Å². The van der Waals surface area contributed by atoms with E-state index in [1.165, 1.54) is 12.8 Å². The minimum absolute atomic E-state index is 0.224. The highest BCUT2D eigenvalue weighted by Crippen LogP contribution is 2.34. The number of para-hydroxylation sites is 1. The summed E-state index contributed by atoms with van der Waals surface area (Å²) >= 11 is 0. The van der Waals surface area contributed by atoms with Gasteiger partial charge < -0.3 is 4.74 Å². The Labute approximate surface area is 90.3 Å². The van der Waals surface area contributed by atoms with Crippen molar-refractivity contribution < 1.29 is 9.53 Å². The zero-order chi connectivity index (χ0) is 10.7. The van der Waals surface area contributed by atoms with Gasteiger partial charge in [0.25, 0.3) is 0 Å². The number of ketones is 1. The zero-order valence-corrected chi connectivity index (χ0v) is 9.03. The molecule has 2 nitrogen and oxygen atoms in total. The number of carbonyl (C=O) groups excluding carboxylic acids is 1. The first-order valence-corrected chi connectivity index (χ1v) is 5.56. The van der Waals surface area contributed by atoms with Gasteiger partial charge in [0.15, 0.2) is 5.78 Å². The van der Waals surface area contributed by atoms with Gasteiger partial charge in [-0.05, 0) is 37.8 Å². The van der Waals surface area contributed by atoms with Crippen molar-refractivity contribution >= 4 is 5.78 Å². The summed E-state index contributed by atoms with van der Waals surface area (Å²) in [7, 11) is 0. The number of benzene rings is 1. The van der Waals surface area contributed by atoms with E-state index in [1.807, 2.05) is 31.2 Å². The van der Waals surface area contributed by atoms with Crippen LogP contribution in [-0.4, -0.2) is 12.4 Å². The maximum absolute atomic E-state index is 11.9. The molecule has 1 saturated carbocycles. The molecule has 0 N–H and O–H groups in total. The van der Waals surface area contributed by atoms with E-state index in [9.17, 15) is 4.79 Å². The highest BCUT2D eigenvalue weighted by Gasteiger charge is 2.25. The quantitative estimate of drug-likeness (QED) is 0.689. The van der Waals surface area contributed by atoms with Crippen molar-refractivity contribution in [2.45, 2.75) is 26.2 Å². The SMILES string of the molecule is CCOc1ccccc1C(=O)CC1CC1. The Kier molecular flexibility index (Phi) is 3.05. The standard InChI is InChI=1S/C13H16O2/c1-2-15-13-6-4-3-5-11(13)12(14)9-10-7-8-10/h3-6,10H,2,7-9H2,1H3. The Morgan fingerprint density at radius 2 is 2.13 bits per heavy atom. The van der Waals surface area contributed by atoms with Gasteiger partial charge in [-0.1, -0.05) is 12.1 Å². The van der Waals surface area contributed by atoms with Crippen LogP contribution < -0.4 is 4.74 Å². The first-order valence-electron chi connectivity index (χ1n) is 5.56. The Morgan fingerprint density at radius 1 is 1.40 bits per heavy atom. The lowest BCUT2D eigenvalue weighted by molar-refractivity contribution is 0.0972. The van der Waals surface area contributed by atoms with Crippen molar-refractivity contribution in [1.82, 2.24) is 0 Å². The smallest absolute Gasteiger partial charge is 0.166 e. The fourth-order valence-corrected chi connectivity index (χ4v) is 1.67. The Hall–Kier alpha value is -1.31. The van der Waals surface area contributed by atoms with Crippen LogP contribution in [0.3, 0.4) is 0 Å². The summed E-state index contributed by atoms with van der Waals surface area (Å²) in [6, 6.07) is 7.51. The minimum atomic E-state index is 0.224. The van der Waals surface area contributed by atoms with Gasteiger partial charge in [-0.3, -0.25) is 4.79 Å². The number of carbonyl (C=O) groups is 1. The molecule has 1 aromatic carbocycles. The first kappa shape index (κ1) is 10.2. The molecule has 1 aromatic rings. The number of hydrogen-bond donors (Lipinski definition) is 0. The number of hydrogen-bond acceptors (Lipinski definition) is 2. The predicted octanol–water partition coefficient (Wildman–Crippen LogP) is 3.07. The van der Waals surface area contributed by atoms with E-state index < -0.39 is 0 Å². The second-order valence-corrected chi connectivity index (χ2v) is 4.00. The van der Waals surface area contributed by atoms with E-state index in [1.54, 1.807) is 0 Å². The largest absolute Gasteiger partial charge is 0.493 e. The second-order valence-electron chi connectivity index (χ2n) is 4.00. The summed E-state index contributed by atoms with van der Waals surface area (Å²) in [5.74, 6) is 1.58. The highest BCUT2D eigenvalue weighted by molar-refractivity contribution is 5.98. The molecule has 0 bridgehead atoms. The average Bonchev–Trinajstić information content (AvgIpc) is 3.03. The van der Waals surface area contributed by atoms with Crippen LogP contribution in [0.1, 0.15) is 36.5 Å². The molecule has 80 valence electrons. The lowest BCUT2D eigenvalue weighted by Crippen LogP contribution is -2.04. The monoisotopic (exact) mass is 204 g/mol. The van der Waals surface area contributed by atoms with Gasteiger partial charge in [-0.15, -0.1) is 0 Å². The molecule has 15 heavy (non-hydrogen) atoms. The molecule has 2 rings (SSSR count). The van der Waals surface area contributed by atoms with Crippen LogP contribution in [0.15, 0.2) is 24.3 Å². The summed E-state index contributed by atoms with van der Waals surface area (Å²) < 4.78 is 5.44. The fraction of sp³-hybridized carbons (Fsp3) is 0.462. The molecule has 0 heterocycles. The van der Waals surface area contributed by atoms with E-state index in [2.05, 4.69) is 0 Å². The van der Waals surface area contributed by atoms with E-state index >= 15 is 0 Å². The fourth-order valence-electron chi connectivity index (χ4n) is 1.67. The molecular weight excluding hydrogens is 188 g/mol. The molecule has 0 aromatic heterocycles. The molecule has 0 unspecified atom stereocenters. The number of ether oxygens (including phenoxy) is 1. The molecule has 0 aliphatic heterocycles. The van der Waals surface area contributed by atoms with E-state index in [0.29, 0.717) is 18.9 Å². The van der Waals surface area contributed by atoms with E-state index in [4.69, 9.17) is 4.74 Å². The van der Waals surface area contributed by atoms with Crippen LogP contribution in [0, 0.1) is 5.92 Å². The predicted molar refractivity (Wildman–Crippen MR) is 59.3 cm³/mol. The number of rotatable bonds is 5. The van der Waals surface area contributed by atoms with Gasteiger partial charge in [0.1, 0.15) is 5.75 Å². The van der Waals surface area contributed by atoms with Crippen molar-refractivity contribution in [2.75, 3.05) is 6.61 Å². The van der Waals surface area contributed by atoms with Gasteiger partial charge in [0.05, 0.1) is 12.2 Å². The van der Waals surface area contributed by atoms with Crippen LogP contribution in [0.5, 0.6) is 5.75 Å². The molecule has 0 atom stereocenters. The molecular formula is C13H16O2. The summed E-state index contributed by atoms with van der Waals surface area (Å²) in [6.45, 7) is 2.54. The number of Topliss-reactive ketones (excluding diaryl/α,β-unsaturated/α-hetero) is 1. The van der Waals surface area contributed by atoms with Crippen LogP contribution in [0.2, 0.25) is 0 Å². The maximum atomic E-state index is 11.9. The molecule has 1 aliphatic carbocycles. The average molecular weight is 204 g/mol. The molecule has 0 amide bonds. The molecule has 0 radical (unpaired) electrons. The molecule has 0 spiro atoms. The maximum Gasteiger partial charge on any atom is 0.166 e. The third-order valence-corrected chi connectivity index (χ3v) is 2.66. The molecule has 1 aliphatic rings. The normalized spacial score (nSPS) is 15.0. The van der Waals surface area contributed by atoms with Crippen LogP contribution in [-0.2, 0) is 0 Å². The summed E-state index contributed by atoms with van der Waals surface area (Å²) in [4.78, 5) is 11.9. The Balaban J connectivity index is 2.13. The minimum Gasteiger partial charge on any atom is -0.493 e. The van der Waals surface area contributed by atoms with E-state index in [0.717, 1.165) is 11.3 Å². The Morgan fingerprint density at radius 3 is 2.80 bits per heavy atom. The van der Waals surface area contributed by atoms with Crippen molar-refractivity contribution in [3.63, 3.8) is 0 Å². The lowest BCUT2D eigenvalue weighted by Gasteiger charge is -2.08. The lowest BCUT2D eigenvalue weighted by atomic mass is 10.1. The van der Waals surface area contributed by atoms with Crippen molar-refractivity contribution in [1.29, 1.82) is 0 Å². The highest BCUT2D eigenvalue weighted by atomic mass is 16.5. The summed E-state index contributed by atoms with van der Waals surface area (Å²) in [6.07, 6.45) is 3.11. The third-order valence-electron chi connectivity index (χ3n) is 2.66. The van der Waals surface area contributed by atoms with Gasteiger partial charge in [-0.25, -0.2) is 0 Å². The summed E-state index contributed by atoms with van der Waals surface area (Å²) in [5.41, 5.74) is 0.742. The Bertz CT molecular complexity index is 353. The first-order chi connectivity index (χ1) is 7.31. The molecule has 0 saturated heterocycles. The van der Waals surface area contributed by atoms with Gasteiger partial charge >= 0.3 is 0 Å². The molecule has 1 fully saturated rings. The topological polar surface area (TPSA) is 26.3 Å². The third kappa shape index (κ3) is 2.58. The molecule has 2 heteroatoms. The van der Waals surface area contributed by atoms with Crippen molar-refractivity contribution in [3.8, 4) is 5.75 Å². The van der Waals surface area contributed by atoms with Crippen LogP contribution in [0.4, 0.5) is 0 Å². The summed E-state index contributed by atoms with van der Waals surface area (Å²) in [5, 5.41) is 0. The van der Waals surface area contributed by atoms with Crippen LogP contribution >= 0.6 is 0 Å². The van der Waals surface area contributed by atoms with Crippen molar-refractivity contribution in [2.24, 2.45) is 5.92 Å². The van der Waals surface area contributed by atoms with Gasteiger partial charge in [0, 0.05) is 6.42 Å². The second kappa shape index (κ2) is 4.47.